The minimum absolute atomic E-state index is 0.00866. The van der Waals surface area contributed by atoms with E-state index in [4.69, 9.17) is 18.9 Å². The fourth-order valence-electron chi connectivity index (χ4n) is 23.6. The summed E-state index contributed by atoms with van der Waals surface area (Å²) in [6.07, 6.45) is 33.9. The zero-order valence-electron chi connectivity index (χ0n) is 82.5. The lowest BCUT2D eigenvalue weighted by molar-refractivity contribution is -0.151. The van der Waals surface area contributed by atoms with Crippen LogP contribution in [0.1, 0.15) is 296 Å². The van der Waals surface area contributed by atoms with Gasteiger partial charge in [0.1, 0.15) is 42.3 Å². The van der Waals surface area contributed by atoms with Crippen LogP contribution in [0, 0.1) is 0 Å². The van der Waals surface area contributed by atoms with Crippen LogP contribution < -0.4 is 0 Å². The first-order valence-corrected chi connectivity index (χ1v) is 50.8. The van der Waals surface area contributed by atoms with E-state index in [-0.39, 0.29) is 66.2 Å². The van der Waals surface area contributed by atoms with Crippen molar-refractivity contribution >= 4 is 41.8 Å². The van der Waals surface area contributed by atoms with Crippen LogP contribution in [0.5, 0.6) is 0 Å². The molecule has 0 saturated carbocycles. The summed E-state index contributed by atoms with van der Waals surface area (Å²) in [6.45, 7) is 54.6. The van der Waals surface area contributed by atoms with Crippen LogP contribution in [0.3, 0.4) is 0 Å². The molecular weight excluding hydrogens is 1600 g/mol. The Morgan fingerprint density at radius 3 is 0.460 bits per heavy atom. The Balaban J connectivity index is 0.000000182. The molecule has 28 nitrogen and oxygen atoms in total. The molecule has 14 heterocycles. The number of esters is 4. The average Bonchev–Trinajstić information content (AvgIpc) is 1.21. The first kappa shape index (κ1) is 107. The van der Waals surface area contributed by atoms with Gasteiger partial charge in [-0.3, -0.25) is 67.9 Å². The summed E-state index contributed by atoms with van der Waals surface area (Å²) in [5, 5.41) is 27.7. The van der Waals surface area contributed by atoms with Gasteiger partial charge in [-0.15, -0.1) is 0 Å². The van der Waals surface area contributed by atoms with Gasteiger partial charge in [-0.2, -0.15) is 0 Å². The number of rotatable bonds is 21. The van der Waals surface area contributed by atoms with Crippen LogP contribution in [0.25, 0.3) is 0 Å². The van der Waals surface area contributed by atoms with E-state index >= 15 is 0 Å². The molecule has 0 aromatic heterocycles. The van der Waals surface area contributed by atoms with Gasteiger partial charge in [0.2, 0.25) is 0 Å². The van der Waals surface area contributed by atoms with Gasteiger partial charge in [0.15, 0.2) is 0 Å². The molecule has 14 saturated heterocycles. The van der Waals surface area contributed by atoms with E-state index in [1.54, 1.807) is 0 Å². The summed E-state index contributed by atoms with van der Waals surface area (Å²) in [7, 11) is 6.02. The Kier molecular flexibility index (Phi) is 46.6. The molecule has 14 fully saturated rings. The van der Waals surface area contributed by atoms with Crippen molar-refractivity contribution in [3.63, 3.8) is 0 Å². The van der Waals surface area contributed by atoms with Gasteiger partial charge in [0.25, 0.3) is 0 Å². The van der Waals surface area contributed by atoms with Crippen LogP contribution in [0.2, 0.25) is 0 Å². The van der Waals surface area contributed by atoms with Crippen LogP contribution in [-0.2, 0) is 52.5 Å². The Bertz CT molecular complexity index is 2960. The molecule has 0 aromatic rings. The van der Waals surface area contributed by atoms with Gasteiger partial charge in [-0.05, 0) is 414 Å². The summed E-state index contributed by atoms with van der Waals surface area (Å²) >= 11 is 0. The largest absolute Gasteiger partial charge is 0.480 e. The quantitative estimate of drug-likeness (QED) is 0.0712. The molecular formula is C98H182N14O14. The Labute approximate surface area is 763 Å². The van der Waals surface area contributed by atoms with E-state index in [0.717, 1.165) is 272 Å². The van der Waals surface area contributed by atoms with E-state index in [0.29, 0.717) is 84.6 Å². The van der Waals surface area contributed by atoms with Gasteiger partial charge < -0.3 is 68.6 Å². The second-order valence-corrected chi connectivity index (χ2v) is 41.0. The van der Waals surface area contributed by atoms with Gasteiger partial charge >= 0.3 is 41.8 Å². The second kappa shape index (κ2) is 54.8. The Hall–Kier alpha value is -4.27. The summed E-state index contributed by atoms with van der Waals surface area (Å²) in [6, 6.07) is 7.56. The maximum Gasteiger partial charge on any atom is 0.323 e. The van der Waals surface area contributed by atoms with E-state index in [1.807, 2.05) is 0 Å². The normalized spacial score (nSPS) is 28.2. The predicted molar refractivity (Wildman–Crippen MR) is 501 cm³/mol. The van der Waals surface area contributed by atoms with E-state index in [1.165, 1.54) is 92.6 Å². The molecule has 728 valence electrons. The molecule has 0 spiro atoms. The number of hydrogen-bond donors (Lipinski definition) is 3. The zero-order valence-corrected chi connectivity index (χ0v) is 82.5. The van der Waals surface area contributed by atoms with Crippen LogP contribution in [0.15, 0.2) is 0 Å². The molecule has 0 aliphatic carbocycles. The lowest BCUT2D eigenvalue weighted by Gasteiger charge is -2.44. The van der Waals surface area contributed by atoms with Crippen LogP contribution >= 0.6 is 0 Å². The van der Waals surface area contributed by atoms with Gasteiger partial charge in [-0.25, -0.2) is 0 Å². The molecule has 14 aliphatic heterocycles. The van der Waals surface area contributed by atoms with E-state index in [2.05, 4.69) is 166 Å². The first-order chi connectivity index (χ1) is 60.3. The molecule has 0 aromatic carbocycles. The topological polar surface area (TPSA) is 262 Å². The molecule has 0 radical (unpaired) electrons. The van der Waals surface area contributed by atoms with Crippen molar-refractivity contribution in [3.8, 4) is 0 Å². The zero-order chi connectivity index (χ0) is 91.8. The number of ether oxygens (including phenoxy) is 4. The summed E-state index contributed by atoms with van der Waals surface area (Å²) in [5.41, 5.74) is 0. The van der Waals surface area contributed by atoms with Crippen molar-refractivity contribution in [1.82, 2.24) is 68.6 Å². The Morgan fingerprint density at radius 1 is 0.190 bits per heavy atom. The monoisotopic (exact) mass is 1780 g/mol. The Morgan fingerprint density at radius 2 is 0.317 bits per heavy atom. The smallest absolute Gasteiger partial charge is 0.323 e. The highest BCUT2D eigenvalue weighted by Crippen LogP contribution is 2.35. The molecule has 0 unspecified atom stereocenters. The summed E-state index contributed by atoms with van der Waals surface area (Å²) < 4.78 is 19.8. The predicted octanol–water partition coefficient (Wildman–Crippen LogP) is 11.4. The number of nitrogens with zero attached hydrogens (tertiary/aromatic N) is 14. The SMILES string of the molecule is CC(C)N1CCC(N2CCCC[C@@H]2C(=O)O)CC1.CC(C)N1CCC(N2CCC[C@@H]2C(=O)O)CC1.CC(C)N1CCC(N2CCC[C@H]2C(=O)O)CC1.COC(=O)[C@@H]1CCCCN1C1CCN(C(C)C)CC1.COC(=O)[C@@H]1CCCN1C1CCN(C(C)C)CC1.COC(=O)[C@H]1CCCCN1C1CCN(C(C)C)CC1.COC(=O)[C@H]1CCCN1C1CCN(C(C)C)CC1. The van der Waals surface area contributed by atoms with E-state index in [9.17, 15) is 48.9 Å². The number of carboxylic acid groups (broad SMARTS) is 3. The van der Waals surface area contributed by atoms with Crippen molar-refractivity contribution < 1.29 is 67.8 Å². The number of carboxylic acids is 3. The molecule has 14 rings (SSSR count). The van der Waals surface area contributed by atoms with Gasteiger partial charge in [0.05, 0.1) is 28.4 Å². The van der Waals surface area contributed by atoms with Crippen molar-refractivity contribution in [2.45, 2.75) is 423 Å². The number of carbonyl (C=O) groups excluding carboxylic acids is 4. The van der Waals surface area contributed by atoms with Crippen molar-refractivity contribution in [1.29, 1.82) is 0 Å². The number of aliphatic carboxylic acids is 3. The highest BCUT2D eigenvalue weighted by atomic mass is 16.5. The maximum atomic E-state index is 11.9. The fourth-order valence-corrected chi connectivity index (χ4v) is 23.6. The third-order valence-corrected chi connectivity index (χ3v) is 31.4. The highest BCUT2D eigenvalue weighted by molar-refractivity contribution is 5.78. The van der Waals surface area contributed by atoms with Crippen molar-refractivity contribution in [2.75, 3.05) is 166 Å². The number of methoxy groups -OCH3 is 4. The molecule has 0 bridgehead atoms. The molecule has 14 aliphatic rings. The van der Waals surface area contributed by atoms with Crippen molar-refractivity contribution in [3.05, 3.63) is 0 Å². The van der Waals surface area contributed by atoms with Gasteiger partial charge in [-0.1, -0.05) is 19.3 Å². The molecule has 126 heavy (non-hydrogen) atoms. The number of likely N-dealkylation sites (tertiary alicyclic amines) is 14. The highest BCUT2D eigenvalue weighted by Gasteiger charge is 2.45. The molecule has 28 heteroatoms. The maximum absolute atomic E-state index is 11.9. The third-order valence-electron chi connectivity index (χ3n) is 31.4. The second-order valence-electron chi connectivity index (χ2n) is 41.0. The average molecular weight is 1780 g/mol. The first-order valence-electron chi connectivity index (χ1n) is 50.8. The molecule has 0 amide bonds. The third kappa shape index (κ3) is 31.7. The summed E-state index contributed by atoms with van der Waals surface area (Å²) in [5.74, 6) is -2.04. The van der Waals surface area contributed by atoms with Crippen LogP contribution in [-0.4, -0.2) is 418 Å². The lowest BCUT2D eigenvalue weighted by Crippen LogP contribution is -2.54. The minimum atomic E-state index is -0.631. The number of hydrogen-bond acceptors (Lipinski definition) is 25. The fraction of sp³-hybridized carbons (Fsp3) is 0.929. The minimum Gasteiger partial charge on any atom is -0.480 e. The van der Waals surface area contributed by atoms with E-state index < -0.39 is 17.9 Å². The standard InChI is InChI=1S/2C15H28N2O2.3C14H26N2O2.2C13H24N2O2/c2*1-12(2)16-10-7-13(8-11-16)17-9-5-4-6-14(17)15(18)19-3;2*1-11(2)15-9-6-12(7-10-15)16-8-4-5-13(16)14(17)18-3;1-11(2)15-9-6-12(7-10-15)16-8-4-3-5-13(16)14(17)18;2*1-10(2)14-8-5-11(6-9-14)15-7-3-4-12(15)13(16)17/h2*12-14H,4-11H2,1-3H3;2*11-13H,4-10H2,1-3H3;11-13H,3-10H2,1-2H3,(H,17,18);2*10-12H,3-9H2,1-2H3,(H,16,17)/t2*14-;3*13-;2*12-/m1010110/s1. The lowest BCUT2D eigenvalue weighted by atomic mass is 9.94. The summed E-state index contributed by atoms with van der Waals surface area (Å²) in [4.78, 5) is 115. The molecule has 3 N–H and O–H groups in total. The number of carbonyl (C=O) groups is 7. The number of piperidine rings is 10. The van der Waals surface area contributed by atoms with Crippen molar-refractivity contribution in [2.24, 2.45) is 0 Å². The van der Waals surface area contributed by atoms with Gasteiger partial charge in [0, 0.05) is 84.6 Å². The molecule has 7 atom stereocenters. The van der Waals surface area contributed by atoms with Crippen LogP contribution in [0.4, 0.5) is 0 Å².